The quantitative estimate of drug-likeness (QED) is 0.779. The van der Waals surface area contributed by atoms with Gasteiger partial charge in [0, 0.05) is 22.7 Å². The molecule has 4 nitrogen and oxygen atoms in total. The minimum atomic E-state index is 0. The lowest BCUT2D eigenvalue weighted by molar-refractivity contribution is 0.0706. The minimum Gasteiger partial charge on any atom is -0.497 e. The molecule has 1 aromatic carbocycles. The van der Waals surface area contributed by atoms with E-state index in [-0.39, 0.29) is 18.3 Å². The summed E-state index contributed by atoms with van der Waals surface area (Å²) < 4.78 is 6.11. The second-order valence-corrected chi connectivity index (χ2v) is 5.86. The van der Waals surface area contributed by atoms with Gasteiger partial charge in [0.25, 0.3) is 5.91 Å². The second kappa shape index (κ2) is 8.05. The monoisotopic (exact) mass is 410 g/mol. The molecule has 1 saturated heterocycles. The minimum absolute atomic E-state index is 0. The fourth-order valence-corrected chi connectivity index (χ4v) is 3.06. The van der Waals surface area contributed by atoms with Crippen molar-refractivity contribution in [1.82, 2.24) is 10.2 Å². The van der Waals surface area contributed by atoms with Gasteiger partial charge in [-0.2, -0.15) is 0 Å². The van der Waals surface area contributed by atoms with Crippen LogP contribution in [0.5, 0.6) is 5.75 Å². The van der Waals surface area contributed by atoms with Crippen LogP contribution in [0.4, 0.5) is 0 Å². The van der Waals surface area contributed by atoms with E-state index in [1.165, 1.54) is 0 Å². The van der Waals surface area contributed by atoms with Crippen molar-refractivity contribution in [3.05, 3.63) is 27.3 Å². The summed E-state index contributed by atoms with van der Waals surface area (Å²) in [5, 5.41) is 3.27. The number of halogens is 2. The first-order valence-electron chi connectivity index (χ1n) is 6.45. The summed E-state index contributed by atoms with van der Waals surface area (Å²) in [5.74, 6) is 0.913. The van der Waals surface area contributed by atoms with E-state index in [4.69, 9.17) is 4.74 Å². The van der Waals surface area contributed by atoms with E-state index in [9.17, 15) is 4.79 Å². The first kappa shape index (κ1) is 17.5. The zero-order valence-electron chi connectivity index (χ0n) is 11.7. The lowest BCUT2D eigenvalue weighted by Gasteiger charge is -2.32. The number of piperidine rings is 1. The zero-order chi connectivity index (χ0) is 13.8. The summed E-state index contributed by atoms with van der Waals surface area (Å²) in [4.78, 5) is 14.4. The molecule has 1 heterocycles. The molecule has 112 valence electrons. The van der Waals surface area contributed by atoms with Crippen LogP contribution in [0.2, 0.25) is 0 Å². The summed E-state index contributed by atoms with van der Waals surface area (Å²) >= 11 is 2.19. The fraction of sp³-hybridized carbons (Fsp3) is 0.500. The number of benzene rings is 1. The van der Waals surface area contributed by atoms with Crippen LogP contribution in [0.3, 0.4) is 0 Å². The molecular formula is C14H20ClIN2O2. The summed E-state index contributed by atoms with van der Waals surface area (Å²) in [6, 6.07) is 6.13. The average Bonchev–Trinajstić information content (AvgIpc) is 2.46. The zero-order valence-corrected chi connectivity index (χ0v) is 14.7. The van der Waals surface area contributed by atoms with E-state index < -0.39 is 0 Å². The SMILES string of the molecule is CNC1CCN(C(=O)c2ccc(OC)cc2I)CC1.Cl. The Labute approximate surface area is 139 Å². The molecule has 1 aliphatic rings. The van der Waals surface area contributed by atoms with Crippen molar-refractivity contribution in [2.75, 3.05) is 27.2 Å². The van der Waals surface area contributed by atoms with Gasteiger partial charge < -0.3 is 15.0 Å². The van der Waals surface area contributed by atoms with Crippen molar-refractivity contribution in [2.45, 2.75) is 18.9 Å². The Morgan fingerprint density at radius 2 is 2.05 bits per heavy atom. The lowest BCUT2D eigenvalue weighted by Crippen LogP contribution is -2.44. The number of methoxy groups -OCH3 is 1. The number of rotatable bonds is 3. The topological polar surface area (TPSA) is 41.6 Å². The molecule has 0 spiro atoms. The van der Waals surface area contributed by atoms with E-state index >= 15 is 0 Å². The molecule has 2 rings (SSSR count). The third-order valence-electron chi connectivity index (χ3n) is 3.60. The third-order valence-corrected chi connectivity index (χ3v) is 4.49. The molecule has 1 amide bonds. The van der Waals surface area contributed by atoms with Crippen LogP contribution in [0, 0.1) is 3.57 Å². The molecular weight excluding hydrogens is 391 g/mol. The Bertz CT molecular complexity index is 462. The van der Waals surface area contributed by atoms with Gasteiger partial charge in [-0.1, -0.05) is 0 Å². The van der Waals surface area contributed by atoms with Crippen LogP contribution in [0.1, 0.15) is 23.2 Å². The Balaban J connectivity index is 0.00000200. The highest BCUT2D eigenvalue weighted by molar-refractivity contribution is 14.1. The van der Waals surface area contributed by atoms with Crippen LogP contribution < -0.4 is 10.1 Å². The van der Waals surface area contributed by atoms with Crippen molar-refractivity contribution >= 4 is 40.9 Å². The fourth-order valence-electron chi connectivity index (χ4n) is 2.34. The number of nitrogens with one attached hydrogen (secondary N) is 1. The van der Waals surface area contributed by atoms with Gasteiger partial charge in [0.1, 0.15) is 5.75 Å². The standard InChI is InChI=1S/C14H19IN2O2.ClH/c1-16-10-5-7-17(8-6-10)14(18)12-4-3-11(19-2)9-13(12)15;/h3-4,9-10,16H,5-8H2,1-2H3;1H. The molecule has 0 unspecified atom stereocenters. The van der Waals surface area contributed by atoms with Gasteiger partial charge in [0.15, 0.2) is 0 Å². The molecule has 1 aromatic rings. The highest BCUT2D eigenvalue weighted by atomic mass is 127. The smallest absolute Gasteiger partial charge is 0.254 e. The largest absolute Gasteiger partial charge is 0.497 e. The third kappa shape index (κ3) is 3.99. The maximum Gasteiger partial charge on any atom is 0.254 e. The van der Waals surface area contributed by atoms with E-state index in [1.807, 2.05) is 30.1 Å². The van der Waals surface area contributed by atoms with Crippen LogP contribution in [-0.2, 0) is 0 Å². The number of hydrogen-bond donors (Lipinski definition) is 1. The summed E-state index contributed by atoms with van der Waals surface area (Å²) in [6.07, 6.45) is 2.05. The number of likely N-dealkylation sites (tertiary alicyclic amines) is 1. The Kier molecular flexibility index (Phi) is 7.05. The highest BCUT2D eigenvalue weighted by Crippen LogP contribution is 2.22. The first-order chi connectivity index (χ1) is 9.15. The number of hydrogen-bond acceptors (Lipinski definition) is 3. The average molecular weight is 411 g/mol. The molecule has 0 aromatic heterocycles. The van der Waals surface area contributed by atoms with Crippen LogP contribution in [-0.4, -0.2) is 44.1 Å². The van der Waals surface area contributed by atoms with Crippen molar-refractivity contribution in [1.29, 1.82) is 0 Å². The van der Waals surface area contributed by atoms with E-state index in [0.29, 0.717) is 6.04 Å². The number of carbonyl (C=O) groups is 1. The number of carbonyl (C=O) groups excluding carboxylic acids is 1. The van der Waals surface area contributed by atoms with Crippen LogP contribution >= 0.6 is 35.0 Å². The maximum atomic E-state index is 12.5. The van der Waals surface area contributed by atoms with Crippen molar-refractivity contribution in [3.8, 4) is 5.75 Å². The molecule has 0 saturated carbocycles. The van der Waals surface area contributed by atoms with Gasteiger partial charge in [-0.05, 0) is 60.7 Å². The lowest BCUT2D eigenvalue weighted by atomic mass is 10.0. The second-order valence-electron chi connectivity index (χ2n) is 4.70. The maximum absolute atomic E-state index is 12.5. The molecule has 0 aliphatic carbocycles. The predicted molar refractivity (Wildman–Crippen MR) is 90.9 cm³/mol. The Hall–Kier alpha value is -0.530. The van der Waals surface area contributed by atoms with E-state index in [1.54, 1.807) is 7.11 Å². The van der Waals surface area contributed by atoms with Gasteiger partial charge in [-0.25, -0.2) is 0 Å². The van der Waals surface area contributed by atoms with E-state index in [2.05, 4.69) is 27.9 Å². The Morgan fingerprint density at radius 3 is 2.55 bits per heavy atom. The van der Waals surface area contributed by atoms with Gasteiger partial charge >= 0.3 is 0 Å². The van der Waals surface area contributed by atoms with Crippen molar-refractivity contribution in [3.63, 3.8) is 0 Å². The highest BCUT2D eigenvalue weighted by Gasteiger charge is 2.23. The molecule has 20 heavy (non-hydrogen) atoms. The summed E-state index contributed by atoms with van der Waals surface area (Å²) in [5.41, 5.74) is 0.768. The van der Waals surface area contributed by atoms with E-state index in [0.717, 1.165) is 40.8 Å². The van der Waals surface area contributed by atoms with Gasteiger partial charge in [-0.15, -0.1) is 12.4 Å². The summed E-state index contributed by atoms with van der Waals surface area (Å²) in [6.45, 7) is 1.65. The molecule has 6 heteroatoms. The van der Waals surface area contributed by atoms with Crippen LogP contribution in [0.15, 0.2) is 18.2 Å². The summed E-state index contributed by atoms with van der Waals surface area (Å²) in [7, 11) is 3.62. The predicted octanol–water partition coefficient (Wildman–Crippen LogP) is 2.55. The van der Waals surface area contributed by atoms with Gasteiger partial charge in [-0.3, -0.25) is 4.79 Å². The molecule has 1 fully saturated rings. The van der Waals surface area contributed by atoms with Crippen molar-refractivity contribution < 1.29 is 9.53 Å². The van der Waals surface area contributed by atoms with Crippen LogP contribution in [0.25, 0.3) is 0 Å². The number of ether oxygens (including phenoxy) is 1. The number of nitrogens with zero attached hydrogens (tertiary/aromatic N) is 1. The molecule has 0 bridgehead atoms. The van der Waals surface area contributed by atoms with Gasteiger partial charge in [0.2, 0.25) is 0 Å². The molecule has 0 atom stereocenters. The van der Waals surface area contributed by atoms with Crippen molar-refractivity contribution in [2.24, 2.45) is 0 Å². The Morgan fingerprint density at radius 1 is 1.40 bits per heavy atom. The normalized spacial score (nSPS) is 15.7. The molecule has 0 radical (unpaired) electrons. The number of amides is 1. The molecule has 1 N–H and O–H groups in total. The molecule has 1 aliphatic heterocycles. The van der Waals surface area contributed by atoms with Gasteiger partial charge in [0.05, 0.1) is 12.7 Å². The first-order valence-corrected chi connectivity index (χ1v) is 7.53.